The lowest BCUT2D eigenvalue weighted by Gasteiger charge is -2.30. The molecule has 3 heterocycles. The molecule has 0 spiro atoms. The molecule has 0 bridgehead atoms. The number of fused-ring (bicyclic) bond motifs is 1. The molecule has 0 saturated carbocycles. The quantitative estimate of drug-likeness (QED) is 0.664. The molecule has 134 valence electrons. The van der Waals surface area contributed by atoms with Crippen LogP contribution in [0.4, 0.5) is 0 Å². The molecule has 2 aromatic heterocycles. The number of thiazole rings is 1. The van der Waals surface area contributed by atoms with Gasteiger partial charge in [-0.05, 0) is 38.3 Å². The van der Waals surface area contributed by atoms with E-state index >= 15 is 0 Å². The van der Waals surface area contributed by atoms with Gasteiger partial charge in [-0.3, -0.25) is 14.6 Å². The number of carbonyl (C=O) groups is 2. The van der Waals surface area contributed by atoms with Gasteiger partial charge in [0.2, 0.25) is 11.7 Å². The Kier molecular flexibility index (Phi) is 4.32. The summed E-state index contributed by atoms with van der Waals surface area (Å²) in [5, 5.41) is 11.2. The van der Waals surface area contributed by atoms with Crippen molar-refractivity contribution in [3.05, 3.63) is 50.7 Å². The SMILES string of the molecule is Cc1ccc(/C(O)=C2\CCc3nc(CC(=O)N4CCC4)sc3C2=O)cn1. The summed E-state index contributed by atoms with van der Waals surface area (Å²) in [6.07, 6.45) is 3.91. The molecule has 1 amide bonds. The summed E-state index contributed by atoms with van der Waals surface area (Å²) in [4.78, 5) is 36.0. The maximum atomic E-state index is 12.8. The Labute approximate surface area is 155 Å². The summed E-state index contributed by atoms with van der Waals surface area (Å²) in [7, 11) is 0. The van der Waals surface area contributed by atoms with Gasteiger partial charge in [0, 0.05) is 36.1 Å². The number of rotatable bonds is 3. The summed E-state index contributed by atoms with van der Waals surface area (Å²) in [5.74, 6) is -0.136. The van der Waals surface area contributed by atoms with Crippen LogP contribution in [0.15, 0.2) is 23.9 Å². The second-order valence-electron chi connectivity index (χ2n) is 6.64. The predicted octanol–water partition coefficient (Wildman–Crippen LogP) is 2.72. The number of aromatic nitrogens is 2. The van der Waals surface area contributed by atoms with Crippen LogP contribution in [0.1, 0.15) is 44.5 Å². The number of carbonyl (C=O) groups excluding carboxylic acids is 2. The van der Waals surface area contributed by atoms with Gasteiger partial charge in [-0.15, -0.1) is 11.3 Å². The van der Waals surface area contributed by atoms with Crippen molar-refractivity contribution in [1.82, 2.24) is 14.9 Å². The van der Waals surface area contributed by atoms with E-state index < -0.39 is 0 Å². The number of pyridine rings is 1. The Hall–Kier alpha value is -2.54. The Morgan fingerprint density at radius 3 is 2.77 bits per heavy atom. The van der Waals surface area contributed by atoms with Crippen molar-refractivity contribution in [1.29, 1.82) is 0 Å². The molecule has 1 fully saturated rings. The summed E-state index contributed by atoms with van der Waals surface area (Å²) in [6, 6.07) is 3.56. The van der Waals surface area contributed by atoms with Gasteiger partial charge in [-0.1, -0.05) is 0 Å². The molecule has 26 heavy (non-hydrogen) atoms. The third kappa shape index (κ3) is 3.03. The topological polar surface area (TPSA) is 83.4 Å². The first-order valence-electron chi connectivity index (χ1n) is 8.69. The maximum absolute atomic E-state index is 12.8. The van der Waals surface area contributed by atoms with Gasteiger partial charge in [0.15, 0.2) is 0 Å². The maximum Gasteiger partial charge on any atom is 0.229 e. The molecule has 1 aliphatic heterocycles. The zero-order chi connectivity index (χ0) is 18.3. The van der Waals surface area contributed by atoms with Crippen LogP contribution < -0.4 is 0 Å². The van der Waals surface area contributed by atoms with Crippen molar-refractivity contribution in [2.75, 3.05) is 13.1 Å². The molecule has 6 nitrogen and oxygen atoms in total. The molecule has 0 aromatic carbocycles. The third-order valence-electron chi connectivity index (χ3n) is 4.82. The van der Waals surface area contributed by atoms with E-state index in [-0.39, 0.29) is 23.9 Å². The lowest BCUT2D eigenvalue weighted by atomic mass is 9.93. The number of aliphatic hydroxyl groups is 1. The monoisotopic (exact) mass is 369 g/mol. The molecule has 2 aromatic rings. The van der Waals surface area contributed by atoms with Gasteiger partial charge in [0.25, 0.3) is 0 Å². The van der Waals surface area contributed by atoms with Crippen LogP contribution >= 0.6 is 11.3 Å². The molecule has 0 atom stereocenters. The van der Waals surface area contributed by atoms with Gasteiger partial charge >= 0.3 is 0 Å². The first kappa shape index (κ1) is 16.9. The minimum atomic E-state index is -0.190. The van der Waals surface area contributed by atoms with Gasteiger partial charge in [0.05, 0.1) is 17.0 Å². The number of allylic oxidation sites excluding steroid dienone is 1. The number of amides is 1. The highest BCUT2D eigenvalue weighted by Crippen LogP contribution is 2.33. The second kappa shape index (κ2) is 6.64. The largest absolute Gasteiger partial charge is 0.507 e. The first-order chi connectivity index (χ1) is 12.5. The van der Waals surface area contributed by atoms with Crippen molar-refractivity contribution < 1.29 is 14.7 Å². The molecule has 1 N–H and O–H groups in total. The van der Waals surface area contributed by atoms with Crippen LogP contribution in [0.3, 0.4) is 0 Å². The number of nitrogens with zero attached hydrogens (tertiary/aromatic N) is 3. The third-order valence-corrected chi connectivity index (χ3v) is 5.91. The fourth-order valence-corrected chi connectivity index (χ4v) is 4.20. The zero-order valence-corrected chi connectivity index (χ0v) is 15.3. The Morgan fingerprint density at radius 1 is 1.31 bits per heavy atom. The molecule has 4 rings (SSSR count). The number of aliphatic hydroxyl groups excluding tert-OH is 1. The van der Waals surface area contributed by atoms with Crippen molar-refractivity contribution in [3.8, 4) is 0 Å². The van der Waals surface area contributed by atoms with Gasteiger partial charge < -0.3 is 10.0 Å². The predicted molar refractivity (Wildman–Crippen MR) is 98.2 cm³/mol. The van der Waals surface area contributed by atoms with E-state index in [1.807, 2.05) is 11.8 Å². The van der Waals surface area contributed by atoms with E-state index in [0.29, 0.717) is 33.9 Å². The average molecular weight is 369 g/mol. The fourth-order valence-electron chi connectivity index (χ4n) is 3.13. The molecular weight excluding hydrogens is 350 g/mol. The van der Waals surface area contributed by atoms with E-state index in [4.69, 9.17) is 0 Å². The molecule has 0 radical (unpaired) electrons. The van der Waals surface area contributed by atoms with E-state index in [1.54, 1.807) is 18.3 Å². The smallest absolute Gasteiger partial charge is 0.229 e. The molecule has 7 heteroatoms. The van der Waals surface area contributed by atoms with E-state index in [0.717, 1.165) is 30.9 Å². The number of aryl methyl sites for hydroxylation is 2. The Bertz CT molecular complexity index is 911. The van der Waals surface area contributed by atoms with Crippen LogP contribution in [0.2, 0.25) is 0 Å². The number of likely N-dealkylation sites (tertiary alicyclic amines) is 1. The molecule has 1 aliphatic carbocycles. The lowest BCUT2D eigenvalue weighted by Crippen LogP contribution is -2.42. The van der Waals surface area contributed by atoms with Crippen LogP contribution in [0, 0.1) is 6.92 Å². The number of Topliss-reactive ketones (excluding diaryl/α,β-unsaturated/α-hetero) is 1. The highest BCUT2D eigenvalue weighted by molar-refractivity contribution is 7.14. The molecule has 2 aliphatic rings. The van der Waals surface area contributed by atoms with E-state index in [9.17, 15) is 14.7 Å². The highest BCUT2D eigenvalue weighted by atomic mass is 32.1. The summed E-state index contributed by atoms with van der Waals surface area (Å²) < 4.78 is 0. The summed E-state index contributed by atoms with van der Waals surface area (Å²) >= 11 is 1.27. The van der Waals surface area contributed by atoms with Crippen LogP contribution in [0.5, 0.6) is 0 Å². The Balaban J connectivity index is 1.59. The van der Waals surface area contributed by atoms with Crippen LogP contribution in [0.25, 0.3) is 5.76 Å². The van der Waals surface area contributed by atoms with Crippen LogP contribution in [-0.2, 0) is 17.6 Å². The zero-order valence-electron chi connectivity index (χ0n) is 14.5. The summed E-state index contributed by atoms with van der Waals surface area (Å²) in [6.45, 7) is 3.49. The number of hydrogen-bond donors (Lipinski definition) is 1. The normalized spacial score (nSPS) is 18.3. The molecular formula is C19H19N3O3S. The molecule has 1 saturated heterocycles. The van der Waals surface area contributed by atoms with E-state index in [2.05, 4.69) is 9.97 Å². The highest BCUT2D eigenvalue weighted by Gasteiger charge is 2.30. The Morgan fingerprint density at radius 2 is 2.12 bits per heavy atom. The van der Waals surface area contributed by atoms with Crippen molar-refractivity contribution in [2.24, 2.45) is 0 Å². The fraction of sp³-hybridized carbons (Fsp3) is 0.368. The minimum absolute atomic E-state index is 0.0141. The lowest BCUT2D eigenvalue weighted by molar-refractivity contribution is -0.133. The van der Waals surface area contributed by atoms with Crippen LogP contribution in [-0.4, -0.2) is 44.8 Å². The second-order valence-corrected chi connectivity index (χ2v) is 7.72. The van der Waals surface area contributed by atoms with Crippen molar-refractivity contribution in [3.63, 3.8) is 0 Å². The van der Waals surface area contributed by atoms with Crippen molar-refractivity contribution in [2.45, 2.75) is 32.6 Å². The minimum Gasteiger partial charge on any atom is -0.507 e. The number of hydrogen-bond acceptors (Lipinski definition) is 6. The summed E-state index contributed by atoms with van der Waals surface area (Å²) in [5.41, 5.74) is 2.53. The van der Waals surface area contributed by atoms with Gasteiger partial charge in [-0.25, -0.2) is 4.98 Å². The average Bonchev–Trinajstić information content (AvgIpc) is 2.97. The van der Waals surface area contributed by atoms with Crippen molar-refractivity contribution >= 4 is 28.8 Å². The van der Waals surface area contributed by atoms with Gasteiger partial charge in [0.1, 0.15) is 10.8 Å². The van der Waals surface area contributed by atoms with Gasteiger partial charge in [-0.2, -0.15) is 0 Å². The number of ketones is 1. The standard InChI is InChI=1S/C19H19N3O3S/c1-11-3-4-12(10-20-11)17(24)13-5-6-14-19(18(13)25)26-15(21-14)9-16(23)22-7-2-8-22/h3-4,10,24H,2,5-9H2,1H3/b17-13-. The molecule has 0 unspecified atom stereocenters. The first-order valence-corrected chi connectivity index (χ1v) is 9.51. The van der Waals surface area contributed by atoms with E-state index in [1.165, 1.54) is 11.3 Å².